The lowest BCUT2D eigenvalue weighted by Gasteiger charge is -2.15. The Hall–Kier alpha value is -0.840. The molecule has 0 unspecified atom stereocenters. The van der Waals surface area contributed by atoms with Crippen molar-refractivity contribution in [3.8, 4) is 11.5 Å². The highest BCUT2D eigenvalue weighted by Crippen LogP contribution is 2.45. The van der Waals surface area contributed by atoms with Gasteiger partial charge in [-0.1, -0.05) is 64.1 Å². The predicted molar refractivity (Wildman–Crippen MR) is 94.5 cm³/mol. The lowest BCUT2D eigenvalue weighted by Crippen LogP contribution is -2.08. The second-order valence-electron chi connectivity index (χ2n) is 4.31. The molecule has 0 saturated heterocycles. The van der Waals surface area contributed by atoms with Gasteiger partial charge < -0.3 is 9.47 Å². The van der Waals surface area contributed by atoms with Gasteiger partial charge >= 0.3 is 0 Å². The van der Waals surface area contributed by atoms with Crippen LogP contribution in [0, 0.1) is 0 Å². The Kier molecular flexibility index (Phi) is 5.93. The normalized spacial score (nSPS) is 10.6. The molecule has 0 bridgehead atoms. The average Bonchev–Trinajstić information content (AvgIpc) is 2.57. The monoisotopic (exact) mass is 412 g/mol. The van der Waals surface area contributed by atoms with Crippen LogP contribution in [0.2, 0.25) is 25.1 Å². The molecule has 0 N–H and O–H groups in total. The van der Waals surface area contributed by atoms with Crippen LogP contribution in [0.3, 0.4) is 0 Å². The first-order valence-electron chi connectivity index (χ1n) is 6.12. The summed E-state index contributed by atoms with van der Waals surface area (Å²) in [6, 6.07) is 4.90. The molecule has 0 aliphatic carbocycles. The molecule has 3 nitrogen and oxygen atoms in total. The molecule has 0 heterocycles. The molecule has 0 fully saturated rings. The molecule has 23 heavy (non-hydrogen) atoms. The molecule has 0 spiro atoms. The van der Waals surface area contributed by atoms with Crippen molar-refractivity contribution < 1.29 is 14.3 Å². The van der Waals surface area contributed by atoms with Crippen LogP contribution in [0.1, 0.15) is 15.9 Å². The number of carbonyl (C=O) groups is 1. The maximum absolute atomic E-state index is 13.0. The maximum atomic E-state index is 13.0. The molecule has 0 aliphatic rings. The summed E-state index contributed by atoms with van der Waals surface area (Å²) < 4.78 is 10.4. The zero-order valence-electron chi connectivity index (χ0n) is 11.8. The third-order valence-electron chi connectivity index (χ3n) is 3.09. The molecule has 0 aliphatic heterocycles. The SMILES string of the molecule is COc1cccc(OC)c1C(=O)c1c(Cl)c(Cl)c(Cl)c(Cl)c1Cl. The van der Waals surface area contributed by atoms with E-state index >= 15 is 0 Å². The number of ketones is 1. The van der Waals surface area contributed by atoms with Crippen LogP contribution in [0.5, 0.6) is 11.5 Å². The van der Waals surface area contributed by atoms with E-state index in [-0.39, 0.29) is 36.2 Å². The van der Waals surface area contributed by atoms with E-state index in [0.29, 0.717) is 11.5 Å². The number of hydrogen-bond donors (Lipinski definition) is 0. The Bertz CT molecular complexity index is 738. The molecule has 0 radical (unpaired) electrons. The third-order valence-corrected chi connectivity index (χ3v) is 5.37. The topological polar surface area (TPSA) is 35.5 Å². The van der Waals surface area contributed by atoms with Gasteiger partial charge in [-0.15, -0.1) is 0 Å². The van der Waals surface area contributed by atoms with Crippen molar-refractivity contribution >= 4 is 63.8 Å². The first-order chi connectivity index (χ1) is 10.8. The summed E-state index contributed by atoms with van der Waals surface area (Å²) in [5.41, 5.74) is 0.0753. The van der Waals surface area contributed by atoms with Gasteiger partial charge in [0.2, 0.25) is 5.78 Å². The van der Waals surface area contributed by atoms with Crippen LogP contribution in [0.15, 0.2) is 18.2 Å². The van der Waals surface area contributed by atoms with E-state index in [2.05, 4.69) is 0 Å². The molecule has 0 atom stereocenters. The Labute approximate surface area is 157 Å². The molecular weight excluding hydrogens is 405 g/mol. The number of carbonyl (C=O) groups excluding carboxylic acids is 1. The summed E-state index contributed by atoms with van der Waals surface area (Å²) in [6.45, 7) is 0. The summed E-state index contributed by atoms with van der Waals surface area (Å²) in [7, 11) is 2.85. The molecule has 0 amide bonds. The van der Waals surface area contributed by atoms with E-state index < -0.39 is 5.78 Å². The molecule has 2 rings (SSSR count). The maximum Gasteiger partial charge on any atom is 0.203 e. The summed E-state index contributed by atoms with van der Waals surface area (Å²) in [6.07, 6.45) is 0. The van der Waals surface area contributed by atoms with Crippen LogP contribution in [-0.2, 0) is 0 Å². The smallest absolute Gasteiger partial charge is 0.203 e. The van der Waals surface area contributed by atoms with Gasteiger partial charge in [0.1, 0.15) is 17.1 Å². The first kappa shape index (κ1) is 18.5. The second kappa shape index (κ2) is 7.37. The first-order valence-corrected chi connectivity index (χ1v) is 8.01. The van der Waals surface area contributed by atoms with E-state index in [1.54, 1.807) is 18.2 Å². The van der Waals surface area contributed by atoms with Gasteiger partial charge in [0.15, 0.2) is 0 Å². The van der Waals surface area contributed by atoms with Crippen molar-refractivity contribution in [3.63, 3.8) is 0 Å². The number of ether oxygens (including phenoxy) is 2. The fourth-order valence-electron chi connectivity index (χ4n) is 2.00. The van der Waals surface area contributed by atoms with E-state index in [1.807, 2.05) is 0 Å². The standard InChI is InChI=1S/C15H9Cl5O3/c1-22-6-4-3-5-7(23-2)8(6)15(21)9-10(16)12(18)14(20)13(19)11(9)17/h3-5H,1-2H3. The van der Waals surface area contributed by atoms with Gasteiger partial charge in [0, 0.05) is 0 Å². The minimum absolute atomic E-state index is 0.0214. The highest BCUT2D eigenvalue weighted by atomic mass is 35.5. The van der Waals surface area contributed by atoms with Gasteiger partial charge in [0.25, 0.3) is 0 Å². The molecule has 122 valence electrons. The Morgan fingerprint density at radius 1 is 0.739 bits per heavy atom. The van der Waals surface area contributed by atoms with Crippen LogP contribution >= 0.6 is 58.0 Å². The average molecular weight is 414 g/mol. The molecule has 8 heteroatoms. The highest BCUT2D eigenvalue weighted by Gasteiger charge is 2.28. The van der Waals surface area contributed by atoms with Gasteiger partial charge in [0.05, 0.1) is 44.9 Å². The van der Waals surface area contributed by atoms with Crippen LogP contribution in [0.4, 0.5) is 0 Å². The van der Waals surface area contributed by atoms with E-state index in [1.165, 1.54) is 14.2 Å². The summed E-state index contributed by atoms with van der Waals surface area (Å²) in [5.74, 6) is 0.0436. The summed E-state index contributed by atoms with van der Waals surface area (Å²) in [4.78, 5) is 13.0. The number of rotatable bonds is 4. The molecule has 0 aromatic heterocycles. The van der Waals surface area contributed by atoms with Gasteiger partial charge in [-0.05, 0) is 12.1 Å². The van der Waals surface area contributed by atoms with E-state index in [4.69, 9.17) is 67.5 Å². The van der Waals surface area contributed by atoms with Crippen molar-refractivity contribution in [3.05, 3.63) is 54.4 Å². The molecule has 2 aromatic carbocycles. The fraction of sp³-hybridized carbons (Fsp3) is 0.133. The largest absolute Gasteiger partial charge is 0.496 e. The van der Waals surface area contributed by atoms with Crippen molar-refractivity contribution in [1.82, 2.24) is 0 Å². The number of halogens is 5. The molecule has 0 saturated carbocycles. The third kappa shape index (κ3) is 3.21. The minimum Gasteiger partial charge on any atom is -0.496 e. The van der Waals surface area contributed by atoms with Crippen LogP contribution in [-0.4, -0.2) is 20.0 Å². The van der Waals surface area contributed by atoms with E-state index in [9.17, 15) is 4.79 Å². The van der Waals surface area contributed by atoms with Gasteiger partial charge in [-0.25, -0.2) is 0 Å². The zero-order valence-corrected chi connectivity index (χ0v) is 15.6. The molecule has 2 aromatic rings. The fourth-order valence-corrected chi connectivity index (χ4v) is 3.31. The second-order valence-corrected chi connectivity index (χ2v) is 6.20. The summed E-state index contributed by atoms with van der Waals surface area (Å²) in [5, 5.41) is -0.320. The van der Waals surface area contributed by atoms with Crippen molar-refractivity contribution in [2.75, 3.05) is 14.2 Å². The predicted octanol–water partition coefficient (Wildman–Crippen LogP) is 6.20. The van der Waals surface area contributed by atoms with Crippen molar-refractivity contribution in [1.29, 1.82) is 0 Å². The zero-order chi connectivity index (χ0) is 17.3. The Morgan fingerprint density at radius 2 is 1.13 bits per heavy atom. The lowest BCUT2D eigenvalue weighted by atomic mass is 10.0. The Morgan fingerprint density at radius 3 is 1.52 bits per heavy atom. The number of benzene rings is 2. The van der Waals surface area contributed by atoms with Gasteiger partial charge in [-0.3, -0.25) is 4.79 Å². The van der Waals surface area contributed by atoms with Gasteiger partial charge in [-0.2, -0.15) is 0 Å². The van der Waals surface area contributed by atoms with E-state index in [0.717, 1.165) is 0 Å². The van der Waals surface area contributed by atoms with Crippen LogP contribution < -0.4 is 9.47 Å². The van der Waals surface area contributed by atoms with Crippen molar-refractivity contribution in [2.45, 2.75) is 0 Å². The van der Waals surface area contributed by atoms with Crippen LogP contribution in [0.25, 0.3) is 0 Å². The quantitative estimate of drug-likeness (QED) is 0.339. The number of hydrogen-bond acceptors (Lipinski definition) is 3. The summed E-state index contributed by atoms with van der Waals surface area (Å²) >= 11 is 30.3. The lowest BCUT2D eigenvalue weighted by molar-refractivity contribution is 0.103. The van der Waals surface area contributed by atoms with Crippen molar-refractivity contribution in [2.24, 2.45) is 0 Å². The highest BCUT2D eigenvalue weighted by molar-refractivity contribution is 6.56. The number of methoxy groups -OCH3 is 2. The minimum atomic E-state index is -0.547. The molecular formula is C15H9Cl5O3. The Balaban J connectivity index is 2.78.